The number of nitrogens with two attached hydrogens (primary N) is 2. The van der Waals surface area contributed by atoms with Crippen LogP contribution in [0.3, 0.4) is 0 Å². The number of esters is 1. The summed E-state index contributed by atoms with van der Waals surface area (Å²) in [5.74, 6) is -2.25. The van der Waals surface area contributed by atoms with Crippen LogP contribution in [0.15, 0.2) is 0 Å². The van der Waals surface area contributed by atoms with Crippen LogP contribution in [0.2, 0.25) is 0 Å². The molecule has 0 saturated carbocycles. The highest BCUT2D eigenvalue weighted by Crippen LogP contribution is 2.09. The zero-order valence-corrected chi connectivity index (χ0v) is 12.8. The number of carboxylic acid groups (broad SMARTS) is 1. The van der Waals surface area contributed by atoms with Crippen molar-refractivity contribution in [2.75, 3.05) is 19.6 Å². The lowest BCUT2D eigenvalue weighted by Gasteiger charge is -2.26. The van der Waals surface area contributed by atoms with E-state index in [0.29, 0.717) is 13.0 Å². The van der Waals surface area contributed by atoms with Crippen molar-refractivity contribution >= 4 is 17.8 Å². The van der Waals surface area contributed by atoms with Crippen LogP contribution in [0.4, 0.5) is 0 Å². The minimum absolute atomic E-state index is 0.116. The number of nitrogens with zero attached hydrogens (tertiary/aromatic N) is 1. The first-order valence-corrected chi connectivity index (χ1v) is 6.75. The molecule has 1 unspecified atom stereocenters. The van der Waals surface area contributed by atoms with Crippen molar-refractivity contribution in [2.45, 2.75) is 45.3 Å². The number of ether oxygens (including phenoxy) is 1. The molecule has 122 valence electrons. The normalized spacial score (nSPS) is 12.6. The van der Waals surface area contributed by atoms with E-state index in [4.69, 9.17) is 21.3 Å². The maximum Gasteiger partial charge on any atom is 0.325 e. The Morgan fingerprint density at radius 3 is 2.29 bits per heavy atom. The van der Waals surface area contributed by atoms with E-state index in [9.17, 15) is 14.4 Å². The average molecular weight is 303 g/mol. The van der Waals surface area contributed by atoms with Gasteiger partial charge < -0.3 is 26.2 Å². The molecule has 8 heteroatoms. The molecule has 0 rings (SSSR count). The van der Waals surface area contributed by atoms with Crippen LogP contribution in [-0.4, -0.2) is 59.1 Å². The van der Waals surface area contributed by atoms with E-state index in [-0.39, 0.29) is 13.0 Å². The van der Waals surface area contributed by atoms with E-state index in [1.807, 2.05) is 0 Å². The summed E-state index contributed by atoms with van der Waals surface area (Å²) in [4.78, 5) is 35.5. The quantitative estimate of drug-likeness (QED) is 0.505. The van der Waals surface area contributed by atoms with Crippen LogP contribution < -0.4 is 11.5 Å². The number of amides is 1. The van der Waals surface area contributed by atoms with Gasteiger partial charge >= 0.3 is 11.9 Å². The van der Waals surface area contributed by atoms with Gasteiger partial charge in [0.1, 0.15) is 18.2 Å². The number of carboxylic acids is 1. The predicted molar refractivity (Wildman–Crippen MR) is 76.3 cm³/mol. The number of rotatable bonds is 8. The molecule has 0 fully saturated rings. The summed E-state index contributed by atoms with van der Waals surface area (Å²) in [5, 5.41) is 8.82. The molecule has 0 radical (unpaired) electrons. The van der Waals surface area contributed by atoms with Crippen molar-refractivity contribution < 1.29 is 24.2 Å². The second-order valence-electron chi connectivity index (χ2n) is 5.70. The van der Waals surface area contributed by atoms with Crippen molar-refractivity contribution in [3.63, 3.8) is 0 Å². The average Bonchev–Trinajstić information content (AvgIpc) is 2.32. The summed E-state index contributed by atoms with van der Waals surface area (Å²) < 4.78 is 5.10. The second-order valence-corrected chi connectivity index (χ2v) is 5.70. The molecule has 0 aliphatic carbocycles. The summed E-state index contributed by atoms with van der Waals surface area (Å²) >= 11 is 0. The Morgan fingerprint density at radius 1 is 1.29 bits per heavy atom. The SMILES string of the molecule is CC(C)(C)OC(=O)C(N)CN(CC(=O)O)C(=O)CCCN. The van der Waals surface area contributed by atoms with E-state index in [1.54, 1.807) is 20.8 Å². The number of hydrogen-bond acceptors (Lipinski definition) is 6. The van der Waals surface area contributed by atoms with Crippen LogP contribution in [0.5, 0.6) is 0 Å². The number of hydrogen-bond donors (Lipinski definition) is 3. The molecule has 0 aromatic rings. The Kier molecular flexibility index (Phi) is 7.90. The Bertz CT molecular complexity index is 378. The standard InChI is InChI=1S/C13H25N3O5/c1-13(2,3)21-12(20)9(15)7-16(8-11(18)19)10(17)5-4-6-14/h9H,4-8,14-15H2,1-3H3,(H,18,19). The Morgan fingerprint density at radius 2 is 1.86 bits per heavy atom. The summed E-state index contributed by atoms with van der Waals surface area (Å²) in [7, 11) is 0. The van der Waals surface area contributed by atoms with Crippen molar-refractivity contribution in [2.24, 2.45) is 11.5 Å². The summed E-state index contributed by atoms with van der Waals surface area (Å²) in [6.07, 6.45) is 0.557. The molecular formula is C13H25N3O5. The Balaban J connectivity index is 4.68. The molecule has 8 nitrogen and oxygen atoms in total. The predicted octanol–water partition coefficient (Wildman–Crippen LogP) is -0.692. The topological polar surface area (TPSA) is 136 Å². The maximum atomic E-state index is 11.9. The van der Waals surface area contributed by atoms with E-state index in [0.717, 1.165) is 4.90 Å². The zero-order valence-electron chi connectivity index (χ0n) is 12.8. The van der Waals surface area contributed by atoms with Crippen LogP contribution in [0.25, 0.3) is 0 Å². The molecule has 5 N–H and O–H groups in total. The van der Waals surface area contributed by atoms with Gasteiger partial charge in [-0.25, -0.2) is 0 Å². The zero-order chi connectivity index (χ0) is 16.6. The lowest BCUT2D eigenvalue weighted by molar-refractivity contribution is -0.158. The highest BCUT2D eigenvalue weighted by atomic mass is 16.6. The van der Waals surface area contributed by atoms with E-state index in [2.05, 4.69) is 0 Å². The molecule has 0 aromatic carbocycles. The van der Waals surface area contributed by atoms with Gasteiger partial charge in [-0.1, -0.05) is 0 Å². The van der Waals surface area contributed by atoms with E-state index in [1.165, 1.54) is 0 Å². The van der Waals surface area contributed by atoms with Crippen LogP contribution in [0.1, 0.15) is 33.6 Å². The van der Waals surface area contributed by atoms with Gasteiger partial charge in [-0.2, -0.15) is 0 Å². The van der Waals surface area contributed by atoms with Crippen molar-refractivity contribution in [1.82, 2.24) is 4.90 Å². The molecule has 1 amide bonds. The third-order valence-electron chi connectivity index (χ3n) is 2.40. The molecule has 0 saturated heterocycles. The van der Waals surface area contributed by atoms with Gasteiger partial charge in [0.25, 0.3) is 0 Å². The lowest BCUT2D eigenvalue weighted by Crippen LogP contribution is -2.48. The van der Waals surface area contributed by atoms with Gasteiger partial charge in [0, 0.05) is 13.0 Å². The van der Waals surface area contributed by atoms with Gasteiger partial charge in [0.15, 0.2) is 0 Å². The molecular weight excluding hydrogens is 278 g/mol. The molecule has 21 heavy (non-hydrogen) atoms. The van der Waals surface area contributed by atoms with Crippen LogP contribution >= 0.6 is 0 Å². The summed E-state index contributed by atoms with van der Waals surface area (Å²) in [6, 6.07) is -1.09. The minimum Gasteiger partial charge on any atom is -0.480 e. The van der Waals surface area contributed by atoms with Gasteiger partial charge in [0.05, 0.1) is 0 Å². The van der Waals surface area contributed by atoms with Gasteiger partial charge in [-0.15, -0.1) is 0 Å². The molecule has 0 aromatic heterocycles. The molecule has 0 spiro atoms. The molecule has 0 aliphatic rings. The fraction of sp³-hybridized carbons (Fsp3) is 0.769. The molecule has 0 bridgehead atoms. The highest BCUT2D eigenvalue weighted by molar-refractivity contribution is 5.83. The Hall–Kier alpha value is -1.67. The lowest BCUT2D eigenvalue weighted by atomic mass is 10.2. The fourth-order valence-electron chi connectivity index (χ4n) is 1.52. The fourth-order valence-corrected chi connectivity index (χ4v) is 1.52. The molecule has 0 heterocycles. The van der Waals surface area contributed by atoms with Crippen molar-refractivity contribution in [1.29, 1.82) is 0 Å². The monoisotopic (exact) mass is 303 g/mol. The van der Waals surface area contributed by atoms with E-state index < -0.39 is 36.0 Å². The first-order chi connectivity index (χ1) is 9.56. The third-order valence-corrected chi connectivity index (χ3v) is 2.40. The molecule has 1 atom stereocenters. The van der Waals surface area contributed by atoms with Gasteiger partial charge in [0.2, 0.25) is 5.91 Å². The maximum absolute atomic E-state index is 11.9. The van der Waals surface area contributed by atoms with Crippen LogP contribution in [-0.2, 0) is 19.1 Å². The first kappa shape index (κ1) is 19.3. The smallest absolute Gasteiger partial charge is 0.325 e. The first-order valence-electron chi connectivity index (χ1n) is 6.75. The molecule has 0 aliphatic heterocycles. The summed E-state index contributed by atoms with van der Waals surface area (Å²) in [6.45, 7) is 4.69. The highest BCUT2D eigenvalue weighted by Gasteiger charge is 2.26. The second kappa shape index (κ2) is 8.58. The minimum atomic E-state index is -1.17. The van der Waals surface area contributed by atoms with Crippen LogP contribution in [0, 0.1) is 0 Å². The Labute approximate surface area is 124 Å². The van der Waals surface area contributed by atoms with Crippen molar-refractivity contribution in [3.05, 3.63) is 0 Å². The van der Waals surface area contributed by atoms with Gasteiger partial charge in [-0.05, 0) is 33.7 Å². The summed E-state index contributed by atoms with van der Waals surface area (Å²) in [5.41, 5.74) is 10.3. The third kappa shape index (κ3) is 8.98. The van der Waals surface area contributed by atoms with E-state index >= 15 is 0 Å². The van der Waals surface area contributed by atoms with Crippen molar-refractivity contribution in [3.8, 4) is 0 Å². The largest absolute Gasteiger partial charge is 0.480 e. The number of carbonyl (C=O) groups excluding carboxylic acids is 2. The van der Waals surface area contributed by atoms with Gasteiger partial charge in [-0.3, -0.25) is 14.4 Å². The number of carbonyl (C=O) groups is 3. The number of aliphatic carboxylic acids is 1.